The molecule has 7 heteroatoms. The zero-order chi connectivity index (χ0) is 20.1. The Morgan fingerprint density at radius 1 is 1.03 bits per heavy atom. The molecule has 1 aliphatic heterocycles. The predicted molar refractivity (Wildman–Crippen MR) is 118 cm³/mol. The maximum Gasteiger partial charge on any atom is 0.321 e. The van der Waals surface area contributed by atoms with E-state index >= 15 is 0 Å². The van der Waals surface area contributed by atoms with Crippen molar-refractivity contribution < 1.29 is 4.79 Å². The third kappa shape index (κ3) is 5.12. The molecule has 150 valence electrons. The van der Waals surface area contributed by atoms with Gasteiger partial charge >= 0.3 is 6.03 Å². The first-order valence-electron chi connectivity index (χ1n) is 9.91. The maximum absolute atomic E-state index is 12.6. The van der Waals surface area contributed by atoms with Crippen molar-refractivity contribution in [2.75, 3.05) is 36.4 Å². The predicted octanol–water partition coefficient (Wildman–Crippen LogP) is 4.18. The molecular weight excluding hydrogens is 382 g/mol. The second-order valence-corrected chi connectivity index (χ2v) is 8.01. The number of anilines is 2. The van der Waals surface area contributed by atoms with Gasteiger partial charge in [-0.05, 0) is 31.0 Å². The van der Waals surface area contributed by atoms with Crippen LogP contribution >= 0.6 is 11.5 Å². The van der Waals surface area contributed by atoms with Gasteiger partial charge in [0.1, 0.15) is 5.82 Å². The van der Waals surface area contributed by atoms with Gasteiger partial charge in [0.25, 0.3) is 0 Å². The maximum atomic E-state index is 12.6. The van der Waals surface area contributed by atoms with E-state index in [1.54, 1.807) is 0 Å². The van der Waals surface area contributed by atoms with Gasteiger partial charge in [-0.3, -0.25) is 0 Å². The quantitative estimate of drug-likeness (QED) is 0.705. The Kier molecular flexibility index (Phi) is 6.05. The van der Waals surface area contributed by atoms with Crippen molar-refractivity contribution >= 4 is 28.4 Å². The summed E-state index contributed by atoms with van der Waals surface area (Å²) in [4.78, 5) is 21.5. The average Bonchev–Trinajstić information content (AvgIpc) is 3.05. The monoisotopic (exact) mass is 407 g/mol. The lowest BCUT2D eigenvalue weighted by Gasteiger charge is -2.22. The average molecular weight is 408 g/mol. The van der Waals surface area contributed by atoms with Crippen LogP contribution in [0.15, 0.2) is 54.6 Å². The van der Waals surface area contributed by atoms with E-state index in [4.69, 9.17) is 4.98 Å². The van der Waals surface area contributed by atoms with Crippen molar-refractivity contribution in [2.45, 2.75) is 19.8 Å². The first kappa shape index (κ1) is 19.4. The summed E-state index contributed by atoms with van der Waals surface area (Å²) in [6.07, 6.45) is 1.66. The smallest absolute Gasteiger partial charge is 0.321 e. The van der Waals surface area contributed by atoms with Gasteiger partial charge in [0, 0.05) is 49.8 Å². The minimum atomic E-state index is -0.0438. The number of amides is 2. The van der Waals surface area contributed by atoms with E-state index in [1.165, 1.54) is 22.7 Å². The summed E-state index contributed by atoms with van der Waals surface area (Å²) in [5, 5.41) is 3.94. The van der Waals surface area contributed by atoms with Crippen LogP contribution < -0.4 is 10.2 Å². The van der Waals surface area contributed by atoms with Crippen molar-refractivity contribution in [1.29, 1.82) is 0 Å². The lowest BCUT2D eigenvalue weighted by Crippen LogP contribution is -2.38. The zero-order valence-corrected chi connectivity index (χ0v) is 17.4. The normalized spacial score (nSPS) is 14.5. The van der Waals surface area contributed by atoms with Crippen LogP contribution in [0.2, 0.25) is 0 Å². The standard InChI is InChI=1S/C22H25N5OS/c1-17-8-10-19(11-9-17)23-21(28)26-12-5-13-27(15-14-26)22-24-20(25-29-22)16-18-6-3-2-4-7-18/h2-4,6-11H,5,12-16H2,1H3,(H,23,28). The summed E-state index contributed by atoms with van der Waals surface area (Å²) in [6, 6.07) is 18.1. The van der Waals surface area contributed by atoms with Crippen molar-refractivity contribution in [3.63, 3.8) is 0 Å². The number of urea groups is 1. The van der Waals surface area contributed by atoms with E-state index in [9.17, 15) is 4.79 Å². The highest BCUT2D eigenvalue weighted by Crippen LogP contribution is 2.21. The van der Waals surface area contributed by atoms with Crippen LogP contribution in [0.3, 0.4) is 0 Å². The van der Waals surface area contributed by atoms with Gasteiger partial charge in [-0.2, -0.15) is 4.37 Å². The van der Waals surface area contributed by atoms with E-state index in [0.29, 0.717) is 6.54 Å². The Labute approximate surface area is 175 Å². The fourth-order valence-corrected chi connectivity index (χ4v) is 4.11. The number of aryl methyl sites for hydroxylation is 1. The molecule has 1 saturated heterocycles. The van der Waals surface area contributed by atoms with Crippen molar-refractivity contribution in [3.8, 4) is 0 Å². The summed E-state index contributed by atoms with van der Waals surface area (Å²) >= 11 is 1.44. The Morgan fingerprint density at radius 3 is 2.62 bits per heavy atom. The molecular formula is C22H25N5OS. The molecule has 0 saturated carbocycles. The van der Waals surface area contributed by atoms with Gasteiger partial charge in [0.05, 0.1) is 0 Å². The Balaban J connectivity index is 1.34. The minimum absolute atomic E-state index is 0.0438. The summed E-state index contributed by atoms with van der Waals surface area (Å²) in [5.41, 5.74) is 3.22. The highest BCUT2D eigenvalue weighted by molar-refractivity contribution is 7.09. The molecule has 2 aromatic carbocycles. The molecule has 0 atom stereocenters. The third-order valence-corrected chi connectivity index (χ3v) is 5.83. The minimum Gasteiger partial charge on any atom is -0.345 e. The van der Waals surface area contributed by atoms with Crippen molar-refractivity contribution in [2.24, 2.45) is 0 Å². The third-order valence-electron chi connectivity index (χ3n) is 5.02. The molecule has 1 N–H and O–H groups in total. The molecule has 2 amide bonds. The van der Waals surface area contributed by atoms with E-state index in [-0.39, 0.29) is 6.03 Å². The molecule has 0 unspecified atom stereocenters. The molecule has 6 nitrogen and oxygen atoms in total. The lowest BCUT2D eigenvalue weighted by atomic mass is 10.1. The second kappa shape index (κ2) is 9.05. The van der Waals surface area contributed by atoms with Crippen LogP contribution in [0.1, 0.15) is 23.4 Å². The van der Waals surface area contributed by atoms with Crippen LogP contribution in [-0.2, 0) is 6.42 Å². The van der Waals surface area contributed by atoms with E-state index in [0.717, 1.165) is 49.1 Å². The molecule has 1 fully saturated rings. The molecule has 2 heterocycles. The van der Waals surface area contributed by atoms with Crippen molar-refractivity contribution in [3.05, 3.63) is 71.5 Å². The number of nitrogens with one attached hydrogen (secondary N) is 1. The molecule has 1 aromatic heterocycles. The second-order valence-electron chi connectivity index (χ2n) is 7.28. The highest BCUT2D eigenvalue weighted by Gasteiger charge is 2.21. The SMILES string of the molecule is Cc1ccc(NC(=O)N2CCCN(c3nc(Cc4ccccc4)ns3)CC2)cc1. The van der Waals surface area contributed by atoms with Gasteiger partial charge in [-0.25, -0.2) is 9.78 Å². The first-order valence-corrected chi connectivity index (χ1v) is 10.7. The molecule has 3 aromatic rings. The number of hydrogen-bond acceptors (Lipinski definition) is 5. The zero-order valence-electron chi connectivity index (χ0n) is 16.5. The summed E-state index contributed by atoms with van der Waals surface area (Å²) in [5.74, 6) is 0.856. The largest absolute Gasteiger partial charge is 0.345 e. The lowest BCUT2D eigenvalue weighted by molar-refractivity contribution is 0.215. The van der Waals surface area contributed by atoms with Crippen molar-refractivity contribution in [1.82, 2.24) is 14.3 Å². The number of aromatic nitrogens is 2. The topological polar surface area (TPSA) is 61.4 Å². The number of carbonyl (C=O) groups is 1. The van der Waals surface area contributed by atoms with Gasteiger partial charge in [-0.15, -0.1) is 0 Å². The highest BCUT2D eigenvalue weighted by atomic mass is 32.1. The molecule has 29 heavy (non-hydrogen) atoms. The van der Waals surface area contributed by atoms with Gasteiger partial charge in [0.15, 0.2) is 0 Å². The van der Waals surface area contributed by atoms with Crippen LogP contribution in [0.4, 0.5) is 15.6 Å². The van der Waals surface area contributed by atoms with E-state index < -0.39 is 0 Å². The van der Waals surface area contributed by atoms with Gasteiger partial charge in [0.2, 0.25) is 5.13 Å². The molecule has 0 spiro atoms. The number of benzene rings is 2. The molecule has 1 aliphatic rings. The summed E-state index contributed by atoms with van der Waals surface area (Å²) in [6.45, 7) is 5.10. The molecule has 0 bridgehead atoms. The van der Waals surface area contributed by atoms with Gasteiger partial charge in [-0.1, -0.05) is 48.0 Å². The van der Waals surface area contributed by atoms with E-state index in [1.807, 2.05) is 54.3 Å². The van der Waals surface area contributed by atoms with Crippen LogP contribution in [0, 0.1) is 6.92 Å². The molecule has 0 aliphatic carbocycles. The number of rotatable bonds is 4. The fraction of sp³-hybridized carbons (Fsp3) is 0.318. The molecule has 0 radical (unpaired) electrons. The Hall–Kier alpha value is -2.93. The number of nitrogens with zero attached hydrogens (tertiary/aromatic N) is 4. The Bertz CT molecular complexity index is 941. The van der Waals surface area contributed by atoms with Gasteiger partial charge < -0.3 is 15.1 Å². The fourth-order valence-electron chi connectivity index (χ4n) is 3.37. The number of carbonyl (C=O) groups excluding carboxylic acids is 1. The van der Waals surface area contributed by atoms with E-state index in [2.05, 4.69) is 26.7 Å². The Morgan fingerprint density at radius 2 is 1.83 bits per heavy atom. The van der Waals surface area contributed by atoms with Crippen LogP contribution in [0.5, 0.6) is 0 Å². The summed E-state index contributed by atoms with van der Waals surface area (Å²) in [7, 11) is 0. The summed E-state index contributed by atoms with van der Waals surface area (Å²) < 4.78 is 4.53. The van der Waals surface area contributed by atoms with Crippen LogP contribution in [0.25, 0.3) is 0 Å². The number of hydrogen-bond donors (Lipinski definition) is 1. The first-order chi connectivity index (χ1) is 14.2. The van der Waals surface area contributed by atoms with Crippen LogP contribution in [-0.4, -0.2) is 46.5 Å². The molecule has 4 rings (SSSR count).